The standard InChI is InChI=1S/C13H20BF2NO3/c1-12(2)13(3,4)20-14(19-12)10-6-5-8(18-10)7-9(17)11(15)16/h5-6,9,11H,7,17H2,1-4H3. The molecular weight excluding hydrogens is 267 g/mol. The first-order chi connectivity index (χ1) is 9.12. The van der Waals surface area contributed by atoms with Gasteiger partial charge in [-0.25, -0.2) is 8.78 Å². The fraction of sp³-hybridized carbons (Fsp3) is 0.692. The molecule has 1 atom stereocenters. The zero-order valence-corrected chi connectivity index (χ0v) is 12.2. The number of rotatable bonds is 4. The Morgan fingerprint density at radius 3 is 2.20 bits per heavy atom. The van der Waals surface area contributed by atoms with Crippen molar-refractivity contribution in [3.05, 3.63) is 17.9 Å². The van der Waals surface area contributed by atoms with Crippen molar-refractivity contribution >= 4 is 12.8 Å². The van der Waals surface area contributed by atoms with Gasteiger partial charge in [0.15, 0.2) is 0 Å². The Kier molecular flexibility index (Phi) is 3.97. The summed E-state index contributed by atoms with van der Waals surface area (Å²) in [6.45, 7) is 7.74. The number of hydrogen-bond acceptors (Lipinski definition) is 4. The molecule has 1 aliphatic heterocycles. The van der Waals surface area contributed by atoms with E-state index in [1.807, 2.05) is 27.7 Å². The Morgan fingerprint density at radius 2 is 1.70 bits per heavy atom. The van der Waals surface area contributed by atoms with Gasteiger partial charge in [-0.3, -0.25) is 0 Å². The van der Waals surface area contributed by atoms with Gasteiger partial charge in [0.25, 0.3) is 6.43 Å². The summed E-state index contributed by atoms with van der Waals surface area (Å²) in [4.78, 5) is 0. The minimum absolute atomic E-state index is 0.0167. The molecule has 0 aromatic carbocycles. The van der Waals surface area contributed by atoms with Crippen LogP contribution in [0.15, 0.2) is 16.5 Å². The molecule has 1 saturated heterocycles. The van der Waals surface area contributed by atoms with E-state index < -0.39 is 30.8 Å². The molecular formula is C13H20BF2NO3. The average Bonchev–Trinajstić information content (AvgIpc) is 2.82. The quantitative estimate of drug-likeness (QED) is 0.857. The van der Waals surface area contributed by atoms with E-state index in [0.717, 1.165) is 0 Å². The molecule has 2 N–H and O–H groups in total. The van der Waals surface area contributed by atoms with Crippen molar-refractivity contribution in [2.24, 2.45) is 5.73 Å². The molecule has 112 valence electrons. The molecule has 2 heterocycles. The second kappa shape index (κ2) is 5.13. The summed E-state index contributed by atoms with van der Waals surface area (Å²) < 4.78 is 42.0. The smallest absolute Gasteiger partial charge is 0.470 e. The van der Waals surface area contributed by atoms with Crippen molar-refractivity contribution in [1.82, 2.24) is 0 Å². The van der Waals surface area contributed by atoms with Crippen LogP contribution in [0.25, 0.3) is 0 Å². The summed E-state index contributed by atoms with van der Waals surface area (Å²) >= 11 is 0. The molecule has 1 unspecified atom stereocenters. The first kappa shape index (κ1) is 15.5. The van der Waals surface area contributed by atoms with Crippen LogP contribution in [-0.4, -0.2) is 30.8 Å². The highest BCUT2D eigenvalue weighted by Gasteiger charge is 2.53. The lowest BCUT2D eigenvalue weighted by Gasteiger charge is -2.32. The van der Waals surface area contributed by atoms with E-state index in [2.05, 4.69) is 0 Å². The van der Waals surface area contributed by atoms with E-state index >= 15 is 0 Å². The molecule has 0 amide bonds. The van der Waals surface area contributed by atoms with Crippen molar-refractivity contribution in [3.8, 4) is 0 Å². The Balaban J connectivity index is 2.07. The van der Waals surface area contributed by atoms with Gasteiger partial charge in [0.2, 0.25) is 0 Å². The Morgan fingerprint density at radius 1 is 1.15 bits per heavy atom. The highest BCUT2D eigenvalue weighted by atomic mass is 19.3. The molecule has 0 aliphatic carbocycles. The highest BCUT2D eigenvalue weighted by molar-refractivity contribution is 6.60. The highest BCUT2D eigenvalue weighted by Crippen LogP contribution is 2.36. The summed E-state index contributed by atoms with van der Waals surface area (Å²) in [7, 11) is -0.628. The van der Waals surface area contributed by atoms with Gasteiger partial charge in [-0.2, -0.15) is 0 Å². The molecule has 1 aliphatic rings. The maximum absolute atomic E-state index is 12.4. The minimum Gasteiger partial charge on any atom is -0.470 e. The predicted molar refractivity (Wildman–Crippen MR) is 72.1 cm³/mol. The summed E-state index contributed by atoms with van der Waals surface area (Å²) in [5, 5.41) is 0. The molecule has 0 spiro atoms. The molecule has 0 saturated carbocycles. The zero-order chi connectivity index (χ0) is 15.1. The molecule has 2 rings (SSSR count). The fourth-order valence-electron chi connectivity index (χ4n) is 1.91. The number of alkyl halides is 2. The molecule has 1 fully saturated rings. The first-order valence-corrected chi connectivity index (χ1v) is 6.60. The largest absolute Gasteiger partial charge is 0.532 e. The van der Waals surface area contributed by atoms with Gasteiger partial charge in [-0.15, -0.1) is 0 Å². The van der Waals surface area contributed by atoms with Crippen molar-refractivity contribution in [2.45, 2.75) is 57.8 Å². The van der Waals surface area contributed by atoms with Gasteiger partial charge in [-0.05, 0) is 39.8 Å². The van der Waals surface area contributed by atoms with Gasteiger partial charge in [0.05, 0.1) is 17.2 Å². The fourth-order valence-corrected chi connectivity index (χ4v) is 1.91. The lowest BCUT2D eigenvalue weighted by atomic mass is 9.86. The van der Waals surface area contributed by atoms with Gasteiger partial charge >= 0.3 is 7.12 Å². The first-order valence-electron chi connectivity index (χ1n) is 6.60. The summed E-state index contributed by atoms with van der Waals surface area (Å²) in [5.74, 6) is 0.405. The third-order valence-corrected chi connectivity index (χ3v) is 3.93. The molecule has 1 aromatic heterocycles. The van der Waals surface area contributed by atoms with Crippen molar-refractivity contribution < 1.29 is 22.5 Å². The van der Waals surface area contributed by atoms with Crippen molar-refractivity contribution in [3.63, 3.8) is 0 Å². The Bertz CT molecular complexity index is 460. The van der Waals surface area contributed by atoms with Gasteiger partial charge in [-0.1, -0.05) is 0 Å². The normalized spacial score (nSPS) is 22.5. The Hall–Kier alpha value is -0.915. The van der Waals surface area contributed by atoms with Crippen LogP contribution >= 0.6 is 0 Å². The van der Waals surface area contributed by atoms with Crippen LogP contribution in [0, 0.1) is 0 Å². The molecule has 4 nitrogen and oxygen atoms in total. The number of furan rings is 1. The van der Waals surface area contributed by atoms with E-state index in [1.165, 1.54) is 0 Å². The van der Waals surface area contributed by atoms with E-state index in [-0.39, 0.29) is 6.42 Å². The maximum atomic E-state index is 12.4. The van der Waals surface area contributed by atoms with Gasteiger partial charge < -0.3 is 19.5 Å². The van der Waals surface area contributed by atoms with E-state index in [1.54, 1.807) is 12.1 Å². The Labute approximate surface area is 117 Å². The molecule has 7 heteroatoms. The average molecular weight is 287 g/mol. The topological polar surface area (TPSA) is 57.6 Å². The number of halogens is 2. The second-order valence-electron chi connectivity index (χ2n) is 6.09. The van der Waals surface area contributed by atoms with Crippen LogP contribution in [0.2, 0.25) is 0 Å². The van der Waals surface area contributed by atoms with Gasteiger partial charge in [0.1, 0.15) is 11.4 Å². The van der Waals surface area contributed by atoms with E-state index in [4.69, 9.17) is 19.5 Å². The predicted octanol–water partition coefficient (Wildman–Crippen LogP) is 1.71. The van der Waals surface area contributed by atoms with Crippen LogP contribution in [0.1, 0.15) is 33.5 Å². The van der Waals surface area contributed by atoms with Crippen LogP contribution in [0.5, 0.6) is 0 Å². The minimum atomic E-state index is -2.57. The summed E-state index contributed by atoms with van der Waals surface area (Å²) in [6, 6.07) is 2.07. The molecule has 20 heavy (non-hydrogen) atoms. The molecule has 0 radical (unpaired) electrons. The third-order valence-electron chi connectivity index (χ3n) is 3.93. The zero-order valence-electron chi connectivity index (χ0n) is 12.2. The van der Waals surface area contributed by atoms with Crippen LogP contribution < -0.4 is 11.4 Å². The van der Waals surface area contributed by atoms with Gasteiger partial charge in [0, 0.05) is 6.42 Å². The van der Waals surface area contributed by atoms with Crippen LogP contribution in [0.4, 0.5) is 8.78 Å². The number of hydrogen-bond donors (Lipinski definition) is 1. The van der Waals surface area contributed by atoms with Crippen molar-refractivity contribution in [2.75, 3.05) is 0 Å². The maximum Gasteiger partial charge on any atom is 0.532 e. The van der Waals surface area contributed by atoms with E-state index in [0.29, 0.717) is 11.4 Å². The second-order valence-corrected chi connectivity index (χ2v) is 6.09. The lowest BCUT2D eigenvalue weighted by Crippen LogP contribution is -2.41. The van der Waals surface area contributed by atoms with Crippen molar-refractivity contribution in [1.29, 1.82) is 0 Å². The summed E-state index contributed by atoms with van der Waals surface area (Å²) in [6.07, 6.45) is -2.59. The molecule has 1 aromatic rings. The third kappa shape index (κ3) is 2.89. The monoisotopic (exact) mass is 287 g/mol. The number of nitrogens with two attached hydrogens (primary N) is 1. The lowest BCUT2D eigenvalue weighted by molar-refractivity contribution is 0.00578. The SMILES string of the molecule is CC1(C)OB(c2ccc(CC(N)C(F)F)o2)OC1(C)C. The van der Waals surface area contributed by atoms with Crippen LogP contribution in [0.3, 0.4) is 0 Å². The van der Waals surface area contributed by atoms with Crippen LogP contribution in [-0.2, 0) is 15.7 Å². The molecule has 0 bridgehead atoms. The summed E-state index contributed by atoms with van der Waals surface area (Å²) in [5.41, 5.74) is 4.86. The van der Waals surface area contributed by atoms with E-state index in [9.17, 15) is 8.78 Å².